The molecule has 1 aliphatic heterocycles. The molecule has 6 nitrogen and oxygen atoms in total. The maximum atomic E-state index is 12.6. The minimum atomic E-state index is -0.0223. The largest absolute Gasteiger partial charge is 0.494 e. The van der Waals surface area contributed by atoms with Crippen molar-refractivity contribution in [3.8, 4) is 5.75 Å². The molecule has 0 bridgehead atoms. The fourth-order valence-electron chi connectivity index (χ4n) is 4.50. The lowest BCUT2D eigenvalue weighted by Crippen LogP contribution is -2.44. The molecule has 2 N–H and O–H groups in total. The molecule has 0 spiro atoms. The number of piperidine rings is 1. The van der Waals surface area contributed by atoms with Crippen LogP contribution in [0.1, 0.15) is 72.9 Å². The van der Waals surface area contributed by atoms with Gasteiger partial charge in [-0.1, -0.05) is 12.1 Å². The van der Waals surface area contributed by atoms with Gasteiger partial charge in [-0.25, -0.2) is 4.98 Å². The lowest BCUT2D eigenvalue weighted by Gasteiger charge is -2.32. The van der Waals surface area contributed by atoms with Gasteiger partial charge >= 0.3 is 0 Å². The lowest BCUT2D eigenvalue weighted by molar-refractivity contribution is 0.0908. The monoisotopic (exact) mass is 434 g/mol. The van der Waals surface area contributed by atoms with E-state index in [0.29, 0.717) is 24.1 Å². The van der Waals surface area contributed by atoms with Gasteiger partial charge in [0.05, 0.1) is 12.2 Å². The van der Waals surface area contributed by atoms with Crippen molar-refractivity contribution in [3.05, 3.63) is 53.2 Å². The Morgan fingerprint density at radius 3 is 2.53 bits per heavy atom. The molecule has 1 amide bonds. The third-order valence-corrected chi connectivity index (χ3v) is 6.68. The topological polar surface area (TPSA) is 66.5 Å². The Morgan fingerprint density at radius 2 is 1.88 bits per heavy atom. The van der Waals surface area contributed by atoms with Gasteiger partial charge in [0.15, 0.2) is 0 Å². The van der Waals surface area contributed by atoms with Crippen molar-refractivity contribution in [2.24, 2.45) is 0 Å². The summed E-state index contributed by atoms with van der Waals surface area (Å²) in [4.78, 5) is 19.5. The van der Waals surface area contributed by atoms with Gasteiger partial charge in [0, 0.05) is 37.9 Å². The second-order valence-electron chi connectivity index (χ2n) is 9.45. The fourth-order valence-corrected chi connectivity index (χ4v) is 4.50. The summed E-state index contributed by atoms with van der Waals surface area (Å²) in [5, 5.41) is 6.55. The van der Waals surface area contributed by atoms with Gasteiger partial charge < -0.3 is 15.4 Å². The number of likely N-dealkylation sites (tertiary alicyclic amines) is 1. The summed E-state index contributed by atoms with van der Waals surface area (Å²) < 4.78 is 5.93. The Hall–Kier alpha value is -2.60. The SMILES string of the molecule is CCOc1cc(CN2CCC(NC(=O)c3ccc(NC4CC4)nc3)CC2)ccc1C1CC1. The molecule has 32 heavy (non-hydrogen) atoms. The molecule has 2 aromatic rings. The van der Waals surface area contributed by atoms with Crippen molar-refractivity contribution in [1.29, 1.82) is 0 Å². The van der Waals surface area contributed by atoms with Crippen LogP contribution in [-0.4, -0.2) is 47.6 Å². The molecule has 2 saturated carbocycles. The van der Waals surface area contributed by atoms with Crippen molar-refractivity contribution >= 4 is 11.7 Å². The second-order valence-corrected chi connectivity index (χ2v) is 9.45. The molecule has 2 heterocycles. The van der Waals surface area contributed by atoms with Gasteiger partial charge in [0.1, 0.15) is 11.6 Å². The lowest BCUT2D eigenvalue weighted by atomic mass is 10.0. The molecule has 1 saturated heterocycles. The van der Waals surface area contributed by atoms with Crippen LogP contribution in [0.3, 0.4) is 0 Å². The molecule has 170 valence electrons. The van der Waals surface area contributed by atoms with E-state index >= 15 is 0 Å². The number of pyridine rings is 1. The van der Waals surface area contributed by atoms with Gasteiger partial charge in [-0.2, -0.15) is 0 Å². The molecule has 0 radical (unpaired) electrons. The van der Waals surface area contributed by atoms with Crippen LogP contribution in [0.5, 0.6) is 5.75 Å². The molecular weight excluding hydrogens is 400 g/mol. The first kappa shape index (κ1) is 21.3. The number of aromatic nitrogens is 1. The number of hydrogen-bond acceptors (Lipinski definition) is 5. The molecule has 0 atom stereocenters. The quantitative estimate of drug-likeness (QED) is 0.615. The summed E-state index contributed by atoms with van der Waals surface area (Å²) in [6.07, 6.45) is 8.62. The minimum Gasteiger partial charge on any atom is -0.494 e. The number of carbonyl (C=O) groups is 1. The van der Waals surface area contributed by atoms with Gasteiger partial charge in [-0.15, -0.1) is 0 Å². The van der Waals surface area contributed by atoms with Crippen molar-refractivity contribution < 1.29 is 9.53 Å². The first-order chi connectivity index (χ1) is 15.7. The molecular formula is C26H34N4O2. The van der Waals surface area contributed by atoms with Crippen LogP contribution in [0.4, 0.5) is 5.82 Å². The van der Waals surface area contributed by atoms with Crippen LogP contribution in [0.2, 0.25) is 0 Å². The highest BCUT2D eigenvalue weighted by Crippen LogP contribution is 2.44. The van der Waals surface area contributed by atoms with Crippen LogP contribution in [0, 0.1) is 0 Å². The first-order valence-electron chi connectivity index (χ1n) is 12.2. The predicted molar refractivity (Wildman–Crippen MR) is 126 cm³/mol. The maximum absolute atomic E-state index is 12.6. The number of hydrogen-bond donors (Lipinski definition) is 2. The number of benzene rings is 1. The Kier molecular flexibility index (Phi) is 6.30. The third kappa shape index (κ3) is 5.41. The van der Waals surface area contributed by atoms with Crippen molar-refractivity contribution in [2.45, 2.75) is 70.0 Å². The number of ether oxygens (including phenoxy) is 1. The number of amides is 1. The van der Waals surface area contributed by atoms with Crippen molar-refractivity contribution in [2.75, 3.05) is 25.0 Å². The molecule has 1 aromatic heterocycles. The Bertz CT molecular complexity index is 929. The Morgan fingerprint density at radius 1 is 1.06 bits per heavy atom. The van der Waals surface area contributed by atoms with Crippen LogP contribution >= 0.6 is 0 Å². The molecule has 6 heteroatoms. The van der Waals surface area contributed by atoms with Gasteiger partial charge in [-0.05, 0) is 80.7 Å². The average Bonchev–Trinajstić information content (AvgIpc) is 3.72. The molecule has 1 aromatic carbocycles. The van der Waals surface area contributed by atoms with Crippen molar-refractivity contribution in [3.63, 3.8) is 0 Å². The average molecular weight is 435 g/mol. The molecule has 5 rings (SSSR count). The van der Waals surface area contributed by atoms with E-state index in [1.54, 1.807) is 6.20 Å². The zero-order chi connectivity index (χ0) is 21.9. The highest BCUT2D eigenvalue weighted by Gasteiger charge is 2.27. The summed E-state index contributed by atoms with van der Waals surface area (Å²) in [6.45, 7) is 5.68. The van der Waals surface area contributed by atoms with E-state index in [9.17, 15) is 4.79 Å². The first-order valence-corrected chi connectivity index (χ1v) is 12.2. The van der Waals surface area contributed by atoms with E-state index in [2.05, 4.69) is 45.6 Å². The number of nitrogens with one attached hydrogen (secondary N) is 2. The van der Waals surface area contributed by atoms with E-state index in [1.807, 2.05) is 12.1 Å². The molecule has 0 unspecified atom stereocenters. The highest BCUT2D eigenvalue weighted by molar-refractivity contribution is 5.94. The van der Waals surface area contributed by atoms with Crippen LogP contribution in [-0.2, 0) is 6.54 Å². The number of nitrogens with zero attached hydrogens (tertiary/aromatic N) is 2. The number of carbonyl (C=O) groups excluding carboxylic acids is 1. The Balaban J connectivity index is 1.10. The summed E-state index contributed by atoms with van der Waals surface area (Å²) in [7, 11) is 0. The zero-order valence-electron chi connectivity index (χ0n) is 19.0. The molecule has 3 fully saturated rings. The van der Waals surface area contributed by atoms with E-state index in [-0.39, 0.29) is 11.9 Å². The van der Waals surface area contributed by atoms with E-state index in [0.717, 1.165) is 44.0 Å². The summed E-state index contributed by atoms with van der Waals surface area (Å²) in [6, 6.07) is 11.3. The Labute approximate surface area is 190 Å². The fraction of sp³-hybridized carbons (Fsp3) is 0.538. The summed E-state index contributed by atoms with van der Waals surface area (Å²) in [5.41, 5.74) is 3.32. The van der Waals surface area contributed by atoms with E-state index < -0.39 is 0 Å². The van der Waals surface area contributed by atoms with Gasteiger partial charge in [0.2, 0.25) is 0 Å². The van der Waals surface area contributed by atoms with Crippen LogP contribution in [0.15, 0.2) is 36.5 Å². The van der Waals surface area contributed by atoms with Crippen molar-refractivity contribution in [1.82, 2.24) is 15.2 Å². The minimum absolute atomic E-state index is 0.0223. The predicted octanol–water partition coefficient (Wildman–Crippen LogP) is 4.33. The van der Waals surface area contributed by atoms with Crippen LogP contribution < -0.4 is 15.4 Å². The number of anilines is 1. The summed E-state index contributed by atoms with van der Waals surface area (Å²) in [5.74, 6) is 2.60. The van der Waals surface area contributed by atoms with E-state index in [1.165, 1.54) is 36.8 Å². The second kappa shape index (κ2) is 9.49. The maximum Gasteiger partial charge on any atom is 0.253 e. The molecule has 2 aliphatic carbocycles. The standard InChI is InChI=1S/C26H34N4O2/c1-2-32-24-15-18(3-9-23(24)19-4-5-19)17-30-13-11-22(12-14-30)29-26(31)20-6-10-25(27-16-20)28-21-7-8-21/h3,6,9-10,15-16,19,21-22H,2,4-5,7-8,11-14,17H2,1H3,(H,27,28)(H,29,31). The van der Waals surface area contributed by atoms with Gasteiger partial charge in [-0.3, -0.25) is 9.69 Å². The third-order valence-electron chi connectivity index (χ3n) is 6.68. The normalized spacial score (nSPS) is 19.5. The highest BCUT2D eigenvalue weighted by atomic mass is 16.5. The van der Waals surface area contributed by atoms with E-state index in [4.69, 9.17) is 4.74 Å². The molecule has 3 aliphatic rings. The van der Waals surface area contributed by atoms with Gasteiger partial charge in [0.25, 0.3) is 5.91 Å². The summed E-state index contributed by atoms with van der Waals surface area (Å²) >= 11 is 0. The van der Waals surface area contributed by atoms with Crippen LogP contribution in [0.25, 0.3) is 0 Å². The smallest absolute Gasteiger partial charge is 0.253 e. The number of rotatable bonds is 9. The zero-order valence-corrected chi connectivity index (χ0v) is 19.0.